The highest BCUT2D eigenvalue weighted by Gasteiger charge is 2.26. The summed E-state index contributed by atoms with van der Waals surface area (Å²) in [4.78, 5) is 19.5. The summed E-state index contributed by atoms with van der Waals surface area (Å²) >= 11 is 0. The minimum atomic E-state index is -0.136. The molecule has 0 aromatic heterocycles. The molecule has 6 heteroatoms. The first-order chi connectivity index (χ1) is 14.7. The number of methoxy groups -OCH3 is 2. The van der Waals surface area contributed by atoms with Crippen LogP contribution in [0.25, 0.3) is 5.70 Å². The fourth-order valence-corrected chi connectivity index (χ4v) is 3.75. The highest BCUT2D eigenvalue weighted by atomic mass is 16.5. The maximum Gasteiger partial charge on any atom is 0.232 e. The monoisotopic (exact) mass is 421 g/mol. The molecule has 31 heavy (non-hydrogen) atoms. The van der Waals surface area contributed by atoms with Crippen molar-refractivity contribution in [3.8, 4) is 11.5 Å². The number of nitrogens with zero attached hydrogens (tertiary/aromatic N) is 2. The molecule has 0 radical (unpaired) electrons. The van der Waals surface area contributed by atoms with Crippen molar-refractivity contribution in [2.24, 2.45) is 10.9 Å². The Bertz CT molecular complexity index is 1030. The van der Waals surface area contributed by atoms with Gasteiger partial charge in [-0.05, 0) is 50.1 Å². The average Bonchev–Trinajstić information content (AvgIpc) is 2.74. The van der Waals surface area contributed by atoms with E-state index in [1.165, 1.54) is 5.56 Å². The summed E-state index contributed by atoms with van der Waals surface area (Å²) in [6.45, 7) is 10.3. The quantitative estimate of drug-likeness (QED) is 0.757. The fraction of sp³-hybridized carbons (Fsp3) is 0.360. The Morgan fingerprint density at radius 3 is 2.26 bits per heavy atom. The second kappa shape index (κ2) is 9.25. The Kier molecular flexibility index (Phi) is 6.68. The van der Waals surface area contributed by atoms with Gasteiger partial charge < -0.3 is 14.8 Å². The van der Waals surface area contributed by atoms with Crippen LogP contribution in [0.4, 0.5) is 5.69 Å². The van der Waals surface area contributed by atoms with E-state index in [0.29, 0.717) is 24.0 Å². The van der Waals surface area contributed by atoms with Crippen molar-refractivity contribution < 1.29 is 14.3 Å². The molecule has 0 spiro atoms. The zero-order valence-corrected chi connectivity index (χ0v) is 19.4. The number of hydrogen-bond donors (Lipinski definition) is 1. The number of carbonyl (C=O) groups excluding carboxylic acids is 1. The number of amidine groups is 1. The summed E-state index contributed by atoms with van der Waals surface area (Å²) in [5.74, 6) is 1.82. The van der Waals surface area contributed by atoms with Gasteiger partial charge in [0.25, 0.3) is 0 Å². The Balaban J connectivity index is 2.12. The van der Waals surface area contributed by atoms with Crippen molar-refractivity contribution in [3.05, 3.63) is 58.7 Å². The van der Waals surface area contributed by atoms with Crippen LogP contribution in [0.1, 0.15) is 36.1 Å². The van der Waals surface area contributed by atoms with Gasteiger partial charge in [-0.1, -0.05) is 31.5 Å². The molecule has 1 amide bonds. The van der Waals surface area contributed by atoms with Crippen LogP contribution in [0.2, 0.25) is 0 Å². The highest BCUT2D eigenvalue weighted by molar-refractivity contribution is 6.10. The Labute approximate surface area is 184 Å². The first kappa shape index (κ1) is 22.4. The standard InChI is InChI=1S/C25H31N3O3/c1-15(2)25(29)28-14-26-20(19-8-9-21(30-6)22(12-19)31-7)13-23(28)27-24-17(4)10-16(3)11-18(24)5/h8-13,15,26H,14H2,1-7H3. The maximum absolute atomic E-state index is 12.9. The number of carbonyl (C=O) groups is 1. The molecule has 0 aliphatic carbocycles. The zero-order valence-electron chi connectivity index (χ0n) is 19.4. The molecule has 1 heterocycles. The van der Waals surface area contributed by atoms with Crippen LogP contribution < -0.4 is 14.8 Å². The van der Waals surface area contributed by atoms with Gasteiger partial charge >= 0.3 is 0 Å². The molecule has 2 aromatic carbocycles. The lowest BCUT2D eigenvalue weighted by atomic mass is 10.0. The summed E-state index contributed by atoms with van der Waals surface area (Å²) in [7, 11) is 3.23. The number of ether oxygens (including phenoxy) is 2. The van der Waals surface area contributed by atoms with Crippen LogP contribution in [-0.2, 0) is 4.79 Å². The van der Waals surface area contributed by atoms with Crippen molar-refractivity contribution in [1.82, 2.24) is 10.2 Å². The van der Waals surface area contributed by atoms with E-state index >= 15 is 0 Å². The molecule has 1 aliphatic heterocycles. The van der Waals surface area contributed by atoms with Crippen LogP contribution in [0.15, 0.2) is 41.4 Å². The summed E-state index contributed by atoms with van der Waals surface area (Å²) in [5, 5.41) is 3.35. The van der Waals surface area contributed by atoms with Crippen LogP contribution in [-0.4, -0.2) is 37.5 Å². The second-order valence-electron chi connectivity index (χ2n) is 8.10. The van der Waals surface area contributed by atoms with E-state index in [1.54, 1.807) is 19.1 Å². The fourth-order valence-electron chi connectivity index (χ4n) is 3.75. The Morgan fingerprint density at radius 2 is 1.68 bits per heavy atom. The second-order valence-corrected chi connectivity index (χ2v) is 8.10. The van der Waals surface area contributed by atoms with E-state index < -0.39 is 0 Å². The number of hydrogen-bond acceptors (Lipinski definition) is 5. The SMILES string of the molecule is COc1ccc(C2=CC(=Nc3c(C)cc(C)cc3C)N(C(=O)C(C)C)CN2)cc1OC. The number of amides is 1. The molecule has 1 N–H and O–H groups in total. The van der Waals surface area contributed by atoms with E-state index in [2.05, 4.69) is 24.4 Å². The number of aliphatic imine (C=N–C) groups is 1. The molecular weight excluding hydrogens is 390 g/mol. The van der Waals surface area contributed by atoms with Crippen molar-refractivity contribution in [3.63, 3.8) is 0 Å². The van der Waals surface area contributed by atoms with Gasteiger partial charge in [-0.2, -0.15) is 0 Å². The first-order valence-electron chi connectivity index (χ1n) is 10.4. The van der Waals surface area contributed by atoms with Gasteiger partial charge in [0.05, 0.1) is 26.6 Å². The summed E-state index contributed by atoms with van der Waals surface area (Å²) < 4.78 is 10.8. The van der Waals surface area contributed by atoms with Gasteiger partial charge in [-0.3, -0.25) is 9.69 Å². The molecule has 0 bridgehead atoms. The van der Waals surface area contributed by atoms with Gasteiger partial charge in [0.1, 0.15) is 5.84 Å². The van der Waals surface area contributed by atoms with Crippen LogP contribution in [0.3, 0.4) is 0 Å². The van der Waals surface area contributed by atoms with Gasteiger partial charge in [0.15, 0.2) is 11.5 Å². The Hall–Kier alpha value is -3.28. The lowest BCUT2D eigenvalue weighted by Crippen LogP contribution is -2.47. The minimum Gasteiger partial charge on any atom is -0.493 e. The molecule has 0 saturated carbocycles. The van der Waals surface area contributed by atoms with Gasteiger partial charge in [0.2, 0.25) is 5.91 Å². The third-order valence-corrected chi connectivity index (χ3v) is 5.29. The average molecular weight is 422 g/mol. The van der Waals surface area contributed by atoms with E-state index in [-0.39, 0.29) is 11.8 Å². The number of aryl methyl sites for hydroxylation is 3. The molecule has 1 aliphatic rings. The van der Waals surface area contributed by atoms with E-state index in [0.717, 1.165) is 28.1 Å². The smallest absolute Gasteiger partial charge is 0.232 e. The minimum absolute atomic E-state index is 0.0243. The number of rotatable bonds is 5. The van der Waals surface area contributed by atoms with Gasteiger partial charge in [-0.15, -0.1) is 0 Å². The molecular formula is C25H31N3O3. The lowest BCUT2D eigenvalue weighted by Gasteiger charge is -2.31. The number of nitrogens with one attached hydrogen (secondary N) is 1. The Morgan fingerprint density at radius 1 is 1.03 bits per heavy atom. The topological polar surface area (TPSA) is 63.2 Å². The van der Waals surface area contributed by atoms with Gasteiger partial charge in [0, 0.05) is 23.3 Å². The predicted octanol–water partition coefficient (Wildman–Crippen LogP) is 4.75. The predicted molar refractivity (Wildman–Crippen MR) is 125 cm³/mol. The highest BCUT2D eigenvalue weighted by Crippen LogP contribution is 2.31. The van der Waals surface area contributed by atoms with E-state index in [1.807, 2.05) is 52.0 Å². The third kappa shape index (κ3) is 4.74. The number of benzene rings is 2. The lowest BCUT2D eigenvalue weighted by molar-refractivity contribution is -0.130. The van der Waals surface area contributed by atoms with Crippen LogP contribution in [0, 0.1) is 26.7 Å². The summed E-state index contributed by atoms with van der Waals surface area (Å²) in [5.41, 5.74) is 6.06. The molecule has 0 atom stereocenters. The van der Waals surface area contributed by atoms with E-state index in [4.69, 9.17) is 14.5 Å². The third-order valence-electron chi connectivity index (χ3n) is 5.29. The van der Waals surface area contributed by atoms with Gasteiger partial charge in [-0.25, -0.2) is 4.99 Å². The molecule has 6 nitrogen and oxygen atoms in total. The molecule has 0 unspecified atom stereocenters. The van der Waals surface area contributed by atoms with Crippen molar-refractivity contribution in [2.45, 2.75) is 34.6 Å². The van der Waals surface area contributed by atoms with Crippen LogP contribution >= 0.6 is 0 Å². The van der Waals surface area contributed by atoms with Crippen molar-refractivity contribution in [1.29, 1.82) is 0 Å². The maximum atomic E-state index is 12.9. The molecule has 0 saturated heterocycles. The van der Waals surface area contributed by atoms with Crippen molar-refractivity contribution in [2.75, 3.05) is 20.9 Å². The van der Waals surface area contributed by atoms with Crippen molar-refractivity contribution >= 4 is 23.1 Å². The molecule has 164 valence electrons. The first-order valence-corrected chi connectivity index (χ1v) is 10.4. The van der Waals surface area contributed by atoms with E-state index in [9.17, 15) is 4.79 Å². The van der Waals surface area contributed by atoms with Crippen LogP contribution in [0.5, 0.6) is 11.5 Å². The largest absolute Gasteiger partial charge is 0.493 e. The summed E-state index contributed by atoms with van der Waals surface area (Å²) in [6, 6.07) is 9.97. The molecule has 3 rings (SSSR count). The summed E-state index contributed by atoms with van der Waals surface area (Å²) in [6.07, 6.45) is 1.92. The molecule has 0 fully saturated rings. The molecule has 2 aromatic rings. The normalized spacial score (nSPS) is 15.0. The zero-order chi connectivity index (χ0) is 22.7.